The van der Waals surface area contributed by atoms with E-state index in [1.807, 2.05) is 55.5 Å². The molecule has 11 heteroatoms. The van der Waals surface area contributed by atoms with Gasteiger partial charge in [0.25, 0.3) is 0 Å². The SMILES string of the molecule is CCCC(C)N1C/C=C\CCC(=O)N[C@@H](C)[C@H](c2ccccc2)OC(=O)[C@H]2[C@@H]3O[C@@]4(C=C3Br)[C@@H]2C(=O)N(CCCCCO)[C@@H]4C1=O. The minimum Gasteiger partial charge on any atom is -0.455 e. The molecule has 2 fully saturated rings. The van der Waals surface area contributed by atoms with E-state index >= 15 is 0 Å². The molecule has 4 heterocycles. The normalized spacial score (nSPS) is 33.0. The zero-order chi connectivity index (χ0) is 33.0. The number of likely N-dealkylation sites (tertiary alicyclic amines) is 1. The number of aliphatic hydroxyl groups excluding tert-OH is 1. The highest BCUT2D eigenvalue weighted by Gasteiger charge is 2.75. The van der Waals surface area contributed by atoms with Crippen molar-refractivity contribution >= 4 is 39.6 Å². The third kappa shape index (κ3) is 6.55. The number of nitrogens with zero attached hydrogens (tertiary/aromatic N) is 2. The lowest BCUT2D eigenvalue weighted by Gasteiger charge is -2.38. The molecule has 250 valence electrons. The van der Waals surface area contributed by atoms with E-state index in [4.69, 9.17) is 9.47 Å². The molecule has 2 saturated heterocycles. The van der Waals surface area contributed by atoms with E-state index < -0.39 is 47.7 Å². The Balaban J connectivity index is 1.59. The molecule has 1 aromatic rings. The first kappa shape index (κ1) is 34.3. The largest absolute Gasteiger partial charge is 0.455 e. The highest BCUT2D eigenvalue weighted by molar-refractivity contribution is 9.11. The highest BCUT2D eigenvalue weighted by atomic mass is 79.9. The summed E-state index contributed by atoms with van der Waals surface area (Å²) in [5.41, 5.74) is -0.630. The summed E-state index contributed by atoms with van der Waals surface area (Å²) in [7, 11) is 0. The molecule has 2 N–H and O–H groups in total. The molecule has 5 rings (SSSR count). The van der Waals surface area contributed by atoms with Gasteiger partial charge in [-0.1, -0.05) is 71.8 Å². The lowest BCUT2D eigenvalue weighted by Crippen LogP contribution is -2.57. The molecule has 8 atom stereocenters. The summed E-state index contributed by atoms with van der Waals surface area (Å²) >= 11 is 3.62. The van der Waals surface area contributed by atoms with E-state index in [1.165, 1.54) is 0 Å². The van der Waals surface area contributed by atoms with Crippen molar-refractivity contribution in [3.63, 3.8) is 0 Å². The fourth-order valence-electron chi connectivity index (χ4n) is 7.52. The Hall–Kier alpha value is -3.02. The van der Waals surface area contributed by atoms with Crippen LogP contribution >= 0.6 is 15.9 Å². The van der Waals surface area contributed by atoms with E-state index in [0.29, 0.717) is 48.8 Å². The van der Waals surface area contributed by atoms with Crippen LogP contribution in [0.5, 0.6) is 0 Å². The van der Waals surface area contributed by atoms with E-state index in [0.717, 1.165) is 12.8 Å². The second kappa shape index (κ2) is 14.8. The van der Waals surface area contributed by atoms with Gasteiger partial charge in [-0.05, 0) is 57.6 Å². The predicted octanol–water partition coefficient (Wildman–Crippen LogP) is 4.18. The van der Waals surface area contributed by atoms with Gasteiger partial charge in [-0.2, -0.15) is 0 Å². The summed E-state index contributed by atoms with van der Waals surface area (Å²) in [5, 5.41) is 12.4. The van der Waals surface area contributed by atoms with Gasteiger partial charge in [0.15, 0.2) is 0 Å². The van der Waals surface area contributed by atoms with Gasteiger partial charge >= 0.3 is 5.97 Å². The fourth-order valence-corrected chi connectivity index (χ4v) is 8.26. The number of rotatable bonds is 9. The van der Waals surface area contributed by atoms with Crippen LogP contribution in [0.4, 0.5) is 0 Å². The minimum absolute atomic E-state index is 0.0490. The van der Waals surface area contributed by atoms with Crippen molar-refractivity contribution in [1.29, 1.82) is 0 Å². The molecule has 0 radical (unpaired) electrons. The van der Waals surface area contributed by atoms with Gasteiger partial charge in [-0.25, -0.2) is 0 Å². The monoisotopic (exact) mass is 699 g/mol. The summed E-state index contributed by atoms with van der Waals surface area (Å²) in [6.45, 7) is 6.55. The maximum Gasteiger partial charge on any atom is 0.313 e. The third-order valence-electron chi connectivity index (χ3n) is 9.73. The number of halogens is 1. The van der Waals surface area contributed by atoms with Crippen molar-refractivity contribution in [2.45, 2.75) is 102 Å². The number of aliphatic hydroxyl groups is 1. The number of unbranched alkanes of at least 4 members (excludes halogenated alkanes) is 2. The summed E-state index contributed by atoms with van der Waals surface area (Å²) in [6, 6.07) is 7.61. The number of amides is 3. The Morgan fingerprint density at radius 2 is 1.83 bits per heavy atom. The van der Waals surface area contributed by atoms with Gasteiger partial charge < -0.3 is 29.7 Å². The number of nitrogens with one attached hydrogen (secondary N) is 1. The molecule has 5 bridgehead atoms. The average molecular weight is 701 g/mol. The van der Waals surface area contributed by atoms with Gasteiger partial charge in [-0.15, -0.1) is 0 Å². The molecule has 1 unspecified atom stereocenters. The minimum atomic E-state index is -1.34. The molecule has 10 nitrogen and oxygen atoms in total. The first-order chi connectivity index (χ1) is 22.1. The van der Waals surface area contributed by atoms with E-state index in [2.05, 4.69) is 28.2 Å². The second-order valence-corrected chi connectivity index (χ2v) is 13.8. The molecule has 4 aliphatic rings. The molecule has 46 heavy (non-hydrogen) atoms. The molecule has 0 aromatic heterocycles. The van der Waals surface area contributed by atoms with Crippen molar-refractivity contribution in [3.8, 4) is 0 Å². The van der Waals surface area contributed by atoms with Gasteiger partial charge in [-0.3, -0.25) is 19.2 Å². The molecule has 1 spiro atoms. The topological polar surface area (TPSA) is 125 Å². The van der Waals surface area contributed by atoms with Crippen molar-refractivity contribution < 1.29 is 33.8 Å². The zero-order valence-electron chi connectivity index (χ0n) is 26.9. The van der Waals surface area contributed by atoms with Crippen molar-refractivity contribution in [3.05, 3.63) is 58.6 Å². The Kier molecular flexibility index (Phi) is 11.1. The summed E-state index contributed by atoms with van der Waals surface area (Å²) in [4.78, 5) is 59.8. The van der Waals surface area contributed by atoms with Crippen LogP contribution in [-0.4, -0.2) is 88.1 Å². The van der Waals surface area contributed by atoms with Crippen molar-refractivity contribution in [2.75, 3.05) is 19.7 Å². The first-order valence-corrected chi connectivity index (χ1v) is 17.4. The zero-order valence-corrected chi connectivity index (χ0v) is 28.5. The van der Waals surface area contributed by atoms with Crippen LogP contribution in [-0.2, 0) is 28.7 Å². The predicted molar refractivity (Wildman–Crippen MR) is 175 cm³/mol. The van der Waals surface area contributed by atoms with Crippen LogP contribution in [0.1, 0.15) is 77.4 Å². The second-order valence-electron chi connectivity index (χ2n) is 12.9. The van der Waals surface area contributed by atoms with Crippen LogP contribution < -0.4 is 5.32 Å². The molecular formula is C35H46BrN3O7. The number of benzene rings is 1. The number of carbonyl (C=O) groups is 4. The van der Waals surface area contributed by atoms with Crippen LogP contribution in [0.15, 0.2) is 53.0 Å². The summed E-state index contributed by atoms with van der Waals surface area (Å²) < 4.78 is 13.5. The van der Waals surface area contributed by atoms with Crippen molar-refractivity contribution in [1.82, 2.24) is 15.1 Å². The lowest BCUT2D eigenvalue weighted by molar-refractivity contribution is -0.161. The van der Waals surface area contributed by atoms with Crippen LogP contribution in [0.25, 0.3) is 0 Å². The molecule has 1 aromatic carbocycles. The van der Waals surface area contributed by atoms with E-state index in [-0.39, 0.29) is 36.8 Å². The number of hydrogen-bond donors (Lipinski definition) is 2. The smallest absolute Gasteiger partial charge is 0.313 e. The molecule has 0 saturated carbocycles. The molecule has 4 aliphatic heterocycles. The van der Waals surface area contributed by atoms with E-state index in [9.17, 15) is 24.3 Å². The number of fused-ring (bicyclic) bond motifs is 2. The summed E-state index contributed by atoms with van der Waals surface area (Å²) in [5.74, 6) is -3.26. The third-order valence-corrected chi connectivity index (χ3v) is 10.4. The Morgan fingerprint density at radius 1 is 1.07 bits per heavy atom. The average Bonchev–Trinajstić information content (AvgIpc) is 3.62. The number of carbonyl (C=O) groups excluding carboxylic acids is 4. The van der Waals surface area contributed by atoms with Gasteiger partial charge in [0, 0.05) is 36.6 Å². The van der Waals surface area contributed by atoms with E-state index in [1.54, 1.807) is 16.7 Å². The standard InChI is InChI=1S/C35H46BrN3O7/c1-4-14-22(2)38-18-11-6-10-17-26(41)37-23(3)29(24-15-8-5-9-16-24)45-34(44)27-28-32(42)39(19-12-7-13-20-40)31(33(38)43)35(28)21-25(36)30(27)46-35/h5-6,8-9,11,15-16,21-23,27-31,40H,4,7,10,12-14,17-20H2,1-3H3,(H,37,41)/b11-6-/t22?,23-,27+,28-,29+,30+,31+,35-/m0/s1. The first-order valence-electron chi connectivity index (χ1n) is 16.6. The van der Waals surface area contributed by atoms with Crippen LogP contribution in [0, 0.1) is 11.8 Å². The molecule has 3 amide bonds. The number of esters is 1. The van der Waals surface area contributed by atoms with Gasteiger partial charge in [0.05, 0.1) is 12.0 Å². The van der Waals surface area contributed by atoms with Gasteiger partial charge in [0.2, 0.25) is 17.7 Å². The number of allylic oxidation sites excluding steroid dienone is 1. The molecule has 0 aliphatic carbocycles. The molecular weight excluding hydrogens is 654 g/mol. The Bertz CT molecular complexity index is 1350. The fraction of sp³-hybridized carbons (Fsp3) is 0.600. The summed E-state index contributed by atoms with van der Waals surface area (Å²) in [6.07, 6.45) is 8.30. The van der Waals surface area contributed by atoms with Crippen molar-refractivity contribution in [2.24, 2.45) is 11.8 Å². The number of ether oxygens (including phenoxy) is 2. The highest BCUT2D eigenvalue weighted by Crippen LogP contribution is 2.59. The quantitative estimate of drug-likeness (QED) is 0.225. The van der Waals surface area contributed by atoms with Crippen LogP contribution in [0.3, 0.4) is 0 Å². The van der Waals surface area contributed by atoms with Crippen LogP contribution in [0.2, 0.25) is 0 Å². The number of hydrogen-bond acceptors (Lipinski definition) is 7. The Morgan fingerprint density at radius 3 is 2.54 bits per heavy atom. The Labute approximate surface area is 279 Å². The maximum absolute atomic E-state index is 14.8. The maximum atomic E-state index is 14.8. The number of cyclic esters (lactones) is 1. The lowest BCUT2D eigenvalue weighted by atomic mass is 9.74. The van der Waals surface area contributed by atoms with Gasteiger partial charge in [0.1, 0.15) is 29.8 Å².